The van der Waals surface area contributed by atoms with E-state index in [1.165, 1.54) is 23.5 Å². The van der Waals surface area contributed by atoms with Crippen molar-refractivity contribution in [2.75, 3.05) is 26.8 Å². The van der Waals surface area contributed by atoms with Crippen LogP contribution in [-0.2, 0) is 17.8 Å². The second kappa shape index (κ2) is 13.3. The molecule has 0 atom stereocenters. The molecule has 0 aliphatic carbocycles. The summed E-state index contributed by atoms with van der Waals surface area (Å²) in [5, 5.41) is 8.03. The summed E-state index contributed by atoms with van der Waals surface area (Å²) < 4.78 is 48.4. The molecule has 0 unspecified atom stereocenters. The van der Waals surface area contributed by atoms with Gasteiger partial charge in [-0.1, -0.05) is 23.7 Å². The fourth-order valence-electron chi connectivity index (χ4n) is 3.25. The molecule has 2 amide bonds. The van der Waals surface area contributed by atoms with Gasteiger partial charge in [-0.3, -0.25) is 4.99 Å². The minimum absolute atomic E-state index is 0.282. The van der Waals surface area contributed by atoms with Gasteiger partial charge in [0.05, 0.1) is 18.8 Å². The van der Waals surface area contributed by atoms with E-state index in [0.717, 1.165) is 21.6 Å². The number of rotatable bonds is 11. The topological polar surface area (TPSA) is 76.9 Å². The summed E-state index contributed by atoms with van der Waals surface area (Å²) in [6.07, 6.45) is -4.13. The van der Waals surface area contributed by atoms with Crippen LogP contribution < -0.4 is 20.2 Å². The van der Waals surface area contributed by atoms with Crippen LogP contribution in [0.5, 0.6) is 5.75 Å². The number of thiazole rings is 1. The number of carbonyl (C=O) groups is 1. The van der Waals surface area contributed by atoms with Crippen LogP contribution in [0.25, 0.3) is 11.3 Å². The van der Waals surface area contributed by atoms with Crippen molar-refractivity contribution in [2.45, 2.75) is 25.9 Å². The molecule has 0 fully saturated rings. The van der Waals surface area contributed by atoms with E-state index in [-0.39, 0.29) is 11.8 Å². The maximum absolute atomic E-state index is 12.5. The summed E-state index contributed by atoms with van der Waals surface area (Å²) in [5.41, 5.74) is 2.51. The standard InChI is InChI=1S/C24H26ClF3N4O3S/c1-34-14-12-30-22(33)29-11-2-13-32-21(18-5-9-20(10-6-18)35-24(26,27)28)16-36-23(32)31-15-17-3-7-19(25)8-4-17/h3-10,16H,2,11-15H2,1H3,(H2,29,30,33). The Labute approximate surface area is 215 Å². The zero-order valence-electron chi connectivity index (χ0n) is 19.5. The van der Waals surface area contributed by atoms with Gasteiger partial charge >= 0.3 is 12.4 Å². The molecule has 3 aromatic rings. The van der Waals surface area contributed by atoms with Gasteiger partial charge in [0.15, 0.2) is 4.80 Å². The van der Waals surface area contributed by atoms with Crippen LogP contribution in [0.4, 0.5) is 18.0 Å². The van der Waals surface area contributed by atoms with Crippen LogP contribution in [0.1, 0.15) is 12.0 Å². The predicted octanol–water partition coefficient (Wildman–Crippen LogP) is 5.21. The van der Waals surface area contributed by atoms with Crippen LogP contribution in [0.3, 0.4) is 0 Å². The number of nitrogens with zero attached hydrogens (tertiary/aromatic N) is 2. The van der Waals surface area contributed by atoms with Gasteiger partial charge in [-0.2, -0.15) is 0 Å². The van der Waals surface area contributed by atoms with Gasteiger partial charge in [0, 0.05) is 37.1 Å². The highest BCUT2D eigenvalue weighted by atomic mass is 35.5. The second-order valence-electron chi connectivity index (χ2n) is 7.60. The number of methoxy groups -OCH3 is 1. The molecule has 7 nitrogen and oxygen atoms in total. The van der Waals surface area contributed by atoms with Crippen LogP contribution in [-0.4, -0.2) is 43.8 Å². The molecule has 0 aliphatic heterocycles. The number of hydrogen-bond donors (Lipinski definition) is 2. The molecule has 2 aromatic carbocycles. The van der Waals surface area contributed by atoms with E-state index in [1.807, 2.05) is 22.1 Å². The summed E-state index contributed by atoms with van der Waals surface area (Å²) in [6, 6.07) is 12.8. The smallest absolute Gasteiger partial charge is 0.406 e. The van der Waals surface area contributed by atoms with Crippen molar-refractivity contribution >= 4 is 29.0 Å². The van der Waals surface area contributed by atoms with Crippen molar-refractivity contribution in [1.82, 2.24) is 15.2 Å². The average molecular weight is 543 g/mol. The minimum atomic E-state index is -4.75. The highest BCUT2D eigenvalue weighted by Gasteiger charge is 2.31. The molecule has 0 radical (unpaired) electrons. The number of hydrogen-bond acceptors (Lipinski definition) is 5. The van der Waals surface area contributed by atoms with E-state index in [4.69, 9.17) is 21.3 Å². The number of carbonyl (C=O) groups excluding carboxylic acids is 1. The van der Waals surface area contributed by atoms with Crippen molar-refractivity contribution in [3.8, 4) is 17.0 Å². The lowest BCUT2D eigenvalue weighted by Crippen LogP contribution is -2.38. The van der Waals surface area contributed by atoms with E-state index < -0.39 is 6.36 Å². The maximum atomic E-state index is 12.5. The second-order valence-corrected chi connectivity index (χ2v) is 8.87. The summed E-state index contributed by atoms with van der Waals surface area (Å²) >= 11 is 7.39. The Morgan fingerprint density at radius 1 is 1.08 bits per heavy atom. The Balaban J connectivity index is 1.76. The van der Waals surface area contributed by atoms with Crippen molar-refractivity contribution in [2.24, 2.45) is 4.99 Å². The number of ether oxygens (including phenoxy) is 2. The monoisotopic (exact) mass is 542 g/mol. The Morgan fingerprint density at radius 3 is 2.44 bits per heavy atom. The summed E-state index contributed by atoms with van der Waals surface area (Å²) in [7, 11) is 1.56. The molecule has 0 aliphatic rings. The van der Waals surface area contributed by atoms with Gasteiger partial charge in [-0.05, 0) is 53.9 Å². The first kappa shape index (κ1) is 27.6. The SMILES string of the molecule is COCCNC(=O)NCCCn1c(-c2ccc(OC(F)(F)F)cc2)csc1=NCc1ccc(Cl)cc1. The summed E-state index contributed by atoms with van der Waals surface area (Å²) in [5.74, 6) is -0.288. The molecule has 0 saturated heterocycles. The molecule has 0 saturated carbocycles. The third-order valence-electron chi connectivity index (χ3n) is 4.93. The van der Waals surface area contributed by atoms with Crippen LogP contribution >= 0.6 is 22.9 Å². The number of alkyl halides is 3. The van der Waals surface area contributed by atoms with Gasteiger partial charge < -0.3 is 24.7 Å². The number of nitrogens with one attached hydrogen (secondary N) is 2. The van der Waals surface area contributed by atoms with Crippen LogP contribution in [0.2, 0.25) is 5.02 Å². The van der Waals surface area contributed by atoms with E-state index in [1.54, 1.807) is 31.4 Å². The number of halogens is 4. The van der Waals surface area contributed by atoms with Crippen molar-refractivity contribution < 1.29 is 27.4 Å². The Hall–Kier alpha value is -3.02. The van der Waals surface area contributed by atoms with E-state index in [2.05, 4.69) is 15.4 Å². The molecule has 2 N–H and O–H groups in total. The first-order valence-electron chi connectivity index (χ1n) is 11.1. The molecule has 0 bridgehead atoms. The highest BCUT2D eigenvalue weighted by Crippen LogP contribution is 2.27. The number of urea groups is 1. The lowest BCUT2D eigenvalue weighted by atomic mass is 10.1. The van der Waals surface area contributed by atoms with Crippen molar-refractivity contribution in [3.63, 3.8) is 0 Å². The molecule has 3 rings (SSSR count). The number of aromatic nitrogens is 1. The van der Waals surface area contributed by atoms with Gasteiger partial charge in [-0.25, -0.2) is 4.79 Å². The number of amides is 2. The van der Waals surface area contributed by atoms with Gasteiger partial charge in [0.1, 0.15) is 5.75 Å². The fourth-order valence-corrected chi connectivity index (χ4v) is 4.31. The molecule has 36 heavy (non-hydrogen) atoms. The van der Waals surface area contributed by atoms with Gasteiger partial charge in [-0.15, -0.1) is 24.5 Å². The Morgan fingerprint density at radius 2 is 1.78 bits per heavy atom. The summed E-state index contributed by atoms with van der Waals surface area (Å²) in [6.45, 7) is 2.24. The van der Waals surface area contributed by atoms with Gasteiger partial charge in [0.25, 0.3) is 0 Å². The zero-order valence-corrected chi connectivity index (χ0v) is 21.1. The molecule has 0 spiro atoms. The molecule has 12 heteroatoms. The minimum Gasteiger partial charge on any atom is -0.406 e. The Bertz CT molecular complexity index is 1180. The van der Waals surface area contributed by atoms with E-state index >= 15 is 0 Å². The normalized spacial score (nSPS) is 12.0. The highest BCUT2D eigenvalue weighted by molar-refractivity contribution is 7.07. The lowest BCUT2D eigenvalue weighted by Gasteiger charge is -2.12. The van der Waals surface area contributed by atoms with Crippen molar-refractivity contribution in [3.05, 3.63) is 69.3 Å². The van der Waals surface area contributed by atoms with Crippen LogP contribution in [0, 0.1) is 0 Å². The third-order valence-corrected chi connectivity index (χ3v) is 6.08. The molecule has 1 aromatic heterocycles. The molecule has 1 heterocycles. The maximum Gasteiger partial charge on any atom is 0.573 e. The average Bonchev–Trinajstić information content (AvgIpc) is 3.24. The third kappa shape index (κ3) is 8.89. The summed E-state index contributed by atoms with van der Waals surface area (Å²) in [4.78, 5) is 17.3. The Kier molecular flexibility index (Phi) is 10.2. The first-order valence-corrected chi connectivity index (χ1v) is 12.3. The zero-order chi connectivity index (χ0) is 26.0. The number of benzene rings is 2. The van der Waals surface area contributed by atoms with E-state index in [0.29, 0.717) is 44.2 Å². The molecular weight excluding hydrogens is 517 g/mol. The lowest BCUT2D eigenvalue weighted by molar-refractivity contribution is -0.274. The predicted molar refractivity (Wildman–Crippen MR) is 133 cm³/mol. The molecule has 194 valence electrons. The quantitative estimate of drug-likeness (QED) is 0.327. The fraction of sp³-hybridized carbons (Fsp3) is 0.333. The van der Waals surface area contributed by atoms with Crippen molar-refractivity contribution in [1.29, 1.82) is 0 Å². The van der Waals surface area contributed by atoms with Gasteiger partial charge in [0.2, 0.25) is 0 Å². The largest absolute Gasteiger partial charge is 0.573 e. The molecular formula is C24H26ClF3N4O3S. The van der Waals surface area contributed by atoms with E-state index in [9.17, 15) is 18.0 Å². The first-order chi connectivity index (χ1) is 17.2. The van der Waals surface area contributed by atoms with Crippen LogP contribution in [0.15, 0.2) is 58.9 Å².